The highest BCUT2D eigenvalue weighted by Crippen LogP contribution is 2.31. The van der Waals surface area contributed by atoms with Crippen molar-refractivity contribution in [2.75, 3.05) is 12.0 Å². The maximum atomic E-state index is 5.34. The van der Waals surface area contributed by atoms with E-state index in [-0.39, 0.29) is 0 Å². The first-order valence-electron chi connectivity index (χ1n) is 3.67. The van der Waals surface area contributed by atoms with Gasteiger partial charge in [-0.3, -0.25) is 5.84 Å². The number of hydrogen-bond acceptors (Lipinski definition) is 3. The van der Waals surface area contributed by atoms with Crippen molar-refractivity contribution in [2.45, 2.75) is 6.92 Å². The molecule has 0 spiro atoms. The van der Waals surface area contributed by atoms with Crippen LogP contribution in [0.4, 0.5) is 5.69 Å². The first kappa shape index (κ1) is 9.35. The first-order chi connectivity index (χ1) is 5.79. The van der Waals surface area contributed by atoms with Crippen LogP contribution in [-0.2, 0) is 0 Å². The second kappa shape index (κ2) is 4.33. The van der Waals surface area contributed by atoms with Gasteiger partial charge in [-0.2, -0.15) is 0 Å². The van der Waals surface area contributed by atoms with Crippen molar-refractivity contribution in [1.29, 1.82) is 0 Å². The van der Waals surface area contributed by atoms with Crippen LogP contribution in [0.2, 0.25) is 0 Å². The molecule has 0 aliphatic rings. The average molecular weight is 231 g/mol. The lowest BCUT2D eigenvalue weighted by Gasteiger charge is -2.10. The Balaban J connectivity index is 3.00. The predicted octanol–water partition coefficient (Wildman–Crippen LogP) is 2.13. The lowest BCUT2D eigenvalue weighted by molar-refractivity contribution is 0.341. The van der Waals surface area contributed by atoms with Crippen LogP contribution in [0.3, 0.4) is 0 Å². The summed E-state index contributed by atoms with van der Waals surface area (Å²) in [6, 6.07) is 5.66. The zero-order chi connectivity index (χ0) is 8.97. The van der Waals surface area contributed by atoms with Gasteiger partial charge in [0.05, 0.1) is 6.61 Å². The summed E-state index contributed by atoms with van der Waals surface area (Å²) < 4.78 is 6.24. The molecule has 0 atom stereocenters. The molecular formula is C8H11BrN2O. The van der Waals surface area contributed by atoms with Crippen LogP contribution in [0.15, 0.2) is 22.7 Å². The fraction of sp³-hybridized carbons (Fsp3) is 0.250. The van der Waals surface area contributed by atoms with Crippen LogP contribution < -0.4 is 16.0 Å². The van der Waals surface area contributed by atoms with E-state index in [1.165, 1.54) is 0 Å². The number of para-hydroxylation sites is 1. The van der Waals surface area contributed by atoms with Crippen molar-refractivity contribution >= 4 is 21.6 Å². The lowest BCUT2D eigenvalue weighted by atomic mass is 10.3. The Morgan fingerprint density at radius 3 is 2.92 bits per heavy atom. The highest BCUT2D eigenvalue weighted by Gasteiger charge is 2.04. The van der Waals surface area contributed by atoms with Gasteiger partial charge in [0.25, 0.3) is 0 Å². The minimum absolute atomic E-state index is 0.630. The highest BCUT2D eigenvalue weighted by atomic mass is 79.9. The van der Waals surface area contributed by atoms with Crippen LogP contribution in [0, 0.1) is 0 Å². The van der Waals surface area contributed by atoms with Gasteiger partial charge in [0.1, 0.15) is 11.4 Å². The van der Waals surface area contributed by atoms with Crippen LogP contribution >= 0.6 is 15.9 Å². The molecule has 0 aromatic heterocycles. The third-order valence-corrected chi connectivity index (χ3v) is 2.08. The smallest absolute Gasteiger partial charge is 0.144 e. The molecule has 66 valence electrons. The Morgan fingerprint density at radius 2 is 2.33 bits per heavy atom. The summed E-state index contributed by atoms with van der Waals surface area (Å²) in [6.07, 6.45) is 0. The van der Waals surface area contributed by atoms with Crippen molar-refractivity contribution in [3.63, 3.8) is 0 Å². The van der Waals surface area contributed by atoms with Crippen molar-refractivity contribution in [1.82, 2.24) is 0 Å². The van der Waals surface area contributed by atoms with Gasteiger partial charge in [0.15, 0.2) is 0 Å². The fourth-order valence-corrected chi connectivity index (χ4v) is 1.38. The summed E-state index contributed by atoms with van der Waals surface area (Å²) in [4.78, 5) is 0. The molecule has 1 aromatic rings. The summed E-state index contributed by atoms with van der Waals surface area (Å²) in [6.45, 7) is 2.56. The molecule has 3 nitrogen and oxygen atoms in total. The van der Waals surface area contributed by atoms with Gasteiger partial charge in [-0.1, -0.05) is 6.07 Å². The molecule has 0 aliphatic heterocycles. The molecule has 0 unspecified atom stereocenters. The fourth-order valence-electron chi connectivity index (χ4n) is 0.920. The van der Waals surface area contributed by atoms with Crippen LogP contribution in [0.5, 0.6) is 5.75 Å². The number of ether oxygens (including phenoxy) is 1. The largest absolute Gasteiger partial charge is 0.492 e. The molecule has 1 aromatic carbocycles. The predicted molar refractivity (Wildman–Crippen MR) is 53.1 cm³/mol. The minimum Gasteiger partial charge on any atom is -0.492 e. The number of nitrogen functional groups attached to an aromatic ring is 1. The molecule has 0 radical (unpaired) electrons. The summed E-state index contributed by atoms with van der Waals surface area (Å²) in [5, 5.41) is 0. The van der Waals surface area contributed by atoms with Crippen molar-refractivity contribution in [2.24, 2.45) is 5.84 Å². The molecule has 0 amide bonds. The van der Waals surface area contributed by atoms with Gasteiger partial charge in [-0.15, -0.1) is 0 Å². The second-order valence-corrected chi connectivity index (χ2v) is 3.04. The number of halogens is 1. The Morgan fingerprint density at radius 1 is 1.58 bits per heavy atom. The first-order valence-corrected chi connectivity index (χ1v) is 4.46. The molecule has 0 fully saturated rings. The number of nitrogens with two attached hydrogens (primary N) is 1. The van der Waals surface area contributed by atoms with E-state index in [2.05, 4.69) is 21.4 Å². The maximum absolute atomic E-state index is 5.34. The zero-order valence-corrected chi connectivity index (χ0v) is 8.39. The molecule has 1 rings (SSSR count). The van der Waals surface area contributed by atoms with E-state index < -0.39 is 0 Å². The van der Waals surface area contributed by atoms with Gasteiger partial charge in [-0.25, -0.2) is 0 Å². The average Bonchev–Trinajstić information content (AvgIpc) is 2.05. The number of hydrazine groups is 1. The third kappa shape index (κ3) is 1.89. The minimum atomic E-state index is 0.630. The molecule has 4 heteroatoms. The van der Waals surface area contributed by atoms with Gasteiger partial charge in [0, 0.05) is 4.47 Å². The van der Waals surface area contributed by atoms with Crippen LogP contribution in [0.1, 0.15) is 6.92 Å². The zero-order valence-electron chi connectivity index (χ0n) is 6.80. The molecular weight excluding hydrogens is 220 g/mol. The third-order valence-electron chi connectivity index (χ3n) is 1.42. The Hall–Kier alpha value is -0.740. The summed E-state index contributed by atoms with van der Waals surface area (Å²) in [5.41, 5.74) is 3.35. The molecule has 0 saturated heterocycles. The molecule has 0 aliphatic carbocycles. The van der Waals surface area contributed by atoms with Crippen molar-refractivity contribution < 1.29 is 4.74 Å². The normalized spacial score (nSPS) is 9.58. The SMILES string of the molecule is CCOc1cccc(Br)c1NN. The van der Waals surface area contributed by atoms with Gasteiger partial charge >= 0.3 is 0 Å². The van der Waals surface area contributed by atoms with Gasteiger partial charge in [0.2, 0.25) is 0 Å². The van der Waals surface area contributed by atoms with Gasteiger partial charge in [-0.05, 0) is 35.0 Å². The topological polar surface area (TPSA) is 47.3 Å². The van der Waals surface area contributed by atoms with Crippen LogP contribution in [0.25, 0.3) is 0 Å². The van der Waals surface area contributed by atoms with E-state index in [0.717, 1.165) is 15.9 Å². The Labute approximate surface area is 80.0 Å². The molecule has 0 saturated carbocycles. The molecule has 0 heterocycles. The standard InChI is InChI=1S/C8H11BrN2O/c1-2-12-7-5-3-4-6(9)8(7)11-10/h3-5,11H,2,10H2,1H3. The van der Waals surface area contributed by atoms with E-state index in [0.29, 0.717) is 6.61 Å². The number of anilines is 1. The molecule has 0 bridgehead atoms. The van der Waals surface area contributed by atoms with Crippen molar-refractivity contribution in [3.8, 4) is 5.75 Å². The number of hydrogen-bond donors (Lipinski definition) is 2. The van der Waals surface area contributed by atoms with E-state index in [1.807, 2.05) is 25.1 Å². The van der Waals surface area contributed by atoms with E-state index in [4.69, 9.17) is 10.6 Å². The summed E-state index contributed by atoms with van der Waals surface area (Å²) in [5.74, 6) is 6.08. The quantitative estimate of drug-likeness (QED) is 0.618. The number of rotatable bonds is 3. The summed E-state index contributed by atoms with van der Waals surface area (Å²) >= 11 is 3.35. The lowest BCUT2D eigenvalue weighted by Crippen LogP contribution is -2.09. The van der Waals surface area contributed by atoms with E-state index in [9.17, 15) is 0 Å². The number of benzene rings is 1. The maximum Gasteiger partial charge on any atom is 0.144 e. The second-order valence-electron chi connectivity index (χ2n) is 2.19. The van der Waals surface area contributed by atoms with Gasteiger partial charge < -0.3 is 10.2 Å². The van der Waals surface area contributed by atoms with Crippen molar-refractivity contribution in [3.05, 3.63) is 22.7 Å². The summed E-state index contributed by atoms with van der Waals surface area (Å²) in [7, 11) is 0. The Bertz CT molecular complexity index is 265. The van der Waals surface area contributed by atoms with Crippen LogP contribution in [-0.4, -0.2) is 6.61 Å². The number of nitrogens with one attached hydrogen (secondary N) is 1. The van der Waals surface area contributed by atoms with E-state index >= 15 is 0 Å². The molecule has 3 N–H and O–H groups in total. The van der Waals surface area contributed by atoms with E-state index in [1.54, 1.807) is 0 Å². The molecule has 12 heavy (non-hydrogen) atoms. The monoisotopic (exact) mass is 230 g/mol. The Kier molecular flexibility index (Phi) is 3.37. The highest BCUT2D eigenvalue weighted by molar-refractivity contribution is 9.10.